The van der Waals surface area contributed by atoms with Crippen molar-refractivity contribution in [2.45, 2.75) is 49.9 Å². The fourth-order valence-corrected chi connectivity index (χ4v) is 5.90. The first-order valence-electron chi connectivity index (χ1n) is 11.5. The molecule has 0 radical (unpaired) electrons. The minimum atomic E-state index is -0.188. The zero-order chi connectivity index (χ0) is 21.7. The number of pyridine rings is 1. The molecule has 2 aliphatic rings. The Morgan fingerprint density at radius 3 is 2.50 bits per heavy atom. The summed E-state index contributed by atoms with van der Waals surface area (Å²) in [6, 6.07) is 14.9. The van der Waals surface area contributed by atoms with Gasteiger partial charge in [0, 0.05) is 33.8 Å². The van der Waals surface area contributed by atoms with E-state index in [9.17, 15) is 4.39 Å². The minimum absolute atomic E-state index is 0.188. The maximum absolute atomic E-state index is 13.9. The van der Waals surface area contributed by atoms with E-state index in [1.807, 2.05) is 36.7 Å². The maximum atomic E-state index is 13.9. The van der Waals surface area contributed by atoms with E-state index < -0.39 is 0 Å². The Hall–Kier alpha value is -2.72. The Labute approximate surface area is 192 Å². The molecule has 6 rings (SSSR count). The van der Waals surface area contributed by atoms with Crippen molar-refractivity contribution < 1.29 is 4.39 Å². The first-order chi connectivity index (χ1) is 15.6. The lowest BCUT2D eigenvalue weighted by Gasteiger charge is -2.34. The van der Waals surface area contributed by atoms with Crippen LogP contribution in [0.3, 0.4) is 0 Å². The highest BCUT2D eigenvalue weighted by Gasteiger charge is 2.53. The molecule has 3 nitrogen and oxygen atoms in total. The van der Waals surface area contributed by atoms with Gasteiger partial charge in [-0.15, -0.1) is 0 Å². The van der Waals surface area contributed by atoms with Crippen LogP contribution in [0.5, 0.6) is 0 Å². The summed E-state index contributed by atoms with van der Waals surface area (Å²) < 4.78 is 13.9. The predicted molar refractivity (Wildman–Crippen MR) is 126 cm³/mol. The van der Waals surface area contributed by atoms with Gasteiger partial charge in [-0.3, -0.25) is 4.98 Å². The van der Waals surface area contributed by atoms with Gasteiger partial charge in [0.2, 0.25) is 0 Å². The molecule has 0 spiro atoms. The number of benzene rings is 2. The number of fused-ring (bicyclic) bond motifs is 1. The standard InChI is InChI=1S/C27H25ClFN3/c28-20-7-3-18(4-8-20)25-16-31-26(32-25)27(12-13-27)19-5-1-17(2-6-19)22-11-14-30-24-10-9-21(29)15-23(22)24/h3-4,7-11,14-17,19H,1-2,5-6,12-13H2,(H,31,32). The zero-order valence-electron chi connectivity index (χ0n) is 17.8. The molecular weight excluding hydrogens is 421 g/mol. The molecule has 0 bridgehead atoms. The third kappa shape index (κ3) is 3.41. The lowest BCUT2D eigenvalue weighted by atomic mass is 9.71. The van der Waals surface area contributed by atoms with Crippen molar-refractivity contribution in [1.82, 2.24) is 15.0 Å². The van der Waals surface area contributed by atoms with Crippen LogP contribution in [-0.2, 0) is 5.41 Å². The topological polar surface area (TPSA) is 41.6 Å². The number of aromatic amines is 1. The van der Waals surface area contributed by atoms with Gasteiger partial charge in [-0.1, -0.05) is 23.7 Å². The van der Waals surface area contributed by atoms with Crippen molar-refractivity contribution >= 4 is 22.5 Å². The zero-order valence-corrected chi connectivity index (χ0v) is 18.6. The molecule has 2 aromatic heterocycles. The van der Waals surface area contributed by atoms with E-state index in [1.54, 1.807) is 12.1 Å². The van der Waals surface area contributed by atoms with Crippen LogP contribution in [0.2, 0.25) is 5.02 Å². The number of halogens is 2. The predicted octanol–water partition coefficient (Wildman–Crippen LogP) is 7.42. The molecule has 2 heterocycles. The SMILES string of the molecule is Fc1ccc2nccc(C3CCC(C4(c5nc(-c6ccc(Cl)cc6)c[nH]5)CC4)CC3)c2c1. The average Bonchev–Trinajstić information content (AvgIpc) is 3.48. The molecule has 0 unspecified atom stereocenters. The summed E-state index contributed by atoms with van der Waals surface area (Å²) in [6.07, 6.45) is 10.9. The van der Waals surface area contributed by atoms with Gasteiger partial charge in [0.25, 0.3) is 0 Å². The highest BCUT2D eigenvalue weighted by atomic mass is 35.5. The van der Waals surface area contributed by atoms with E-state index in [4.69, 9.17) is 16.6 Å². The molecular formula is C27H25ClFN3. The van der Waals surface area contributed by atoms with Crippen molar-refractivity contribution in [3.8, 4) is 11.3 Å². The molecule has 0 atom stereocenters. The van der Waals surface area contributed by atoms with Crippen molar-refractivity contribution in [2.75, 3.05) is 0 Å². The van der Waals surface area contributed by atoms with Crippen LogP contribution in [0.1, 0.15) is 55.8 Å². The lowest BCUT2D eigenvalue weighted by molar-refractivity contribution is 0.262. The number of aromatic nitrogens is 3. The summed E-state index contributed by atoms with van der Waals surface area (Å²) in [5, 5.41) is 1.71. The summed E-state index contributed by atoms with van der Waals surface area (Å²) in [5.41, 5.74) is 4.41. The number of nitrogens with one attached hydrogen (secondary N) is 1. The molecule has 2 aromatic carbocycles. The summed E-state index contributed by atoms with van der Waals surface area (Å²) in [6.45, 7) is 0. The van der Waals surface area contributed by atoms with Gasteiger partial charge < -0.3 is 4.98 Å². The Balaban J connectivity index is 1.20. The third-order valence-corrected chi connectivity index (χ3v) is 7.92. The van der Waals surface area contributed by atoms with E-state index in [1.165, 1.54) is 37.3 Å². The summed E-state index contributed by atoms with van der Waals surface area (Å²) in [4.78, 5) is 12.9. The quantitative estimate of drug-likeness (QED) is 0.355. The largest absolute Gasteiger partial charge is 0.347 e. The summed E-state index contributed by atoms with van der Waals surface area (Å²) >= 11 is 6.03. The molecule has 4 aromatic rings. The molecule has 162 valence electrons. The van der Waals surface area contributed by atoms with Gasteiger partial charge in [0.05, 0.1) is 11.2 Å². The molecule has 0 saturated heterocycles. The van der Waals surface area contributed by atoms with Gasteiger partial charge in [0.15, 0.2) is 0 Å². The van der Waals surface area contributed by atoms with E-state index in [0.29, 0.717) is 11.8 Å². The Morgan fingerprint density at radius 1 is 0.969 bits per heavy atom. The highest BCUT2D eigenvalue weighted by Crippen LogP contribution is 2.58. The van der Waals surface area contributed by atoms with E-state index in [2.05, 4.69) is 16.0 Å². The van der Waals surface area contributed by atoms with Crippen molar-refractivity contribution in [1.29, 1.82) is 0 Å². The molecule has 0 aliphatic heterocycles. The van der Waals surface area contributed by atoms with Crippen LogP contribution >= 0.6 is 11.6 Å². The smallest absolute Gasteiger partial charge is 0.123 e. The van der Waals surface area contributed by atoms with Crippen LogP contribution in [0.25, 0.3) is 22.2 Å². The maximum Gasteiger partial charge on any atom is 0.123 e. The number of rotatable bonds is 4. The molecule has 2 fully saturated rings. The molecule has 1 N–H and O–H groups in total. The number of hydrogen-bond acceptors (Lipinski definition) is 2. The highest BCUT2D eigenvalue weighted by molar-refractivity contribution is 6.30. The van der Waals surface area contributed by atoms with Crippen LogP contribution in [0.15, 0.2) is 60.9 Å². The van der Waals surface area contributed by atoms with Crippen molar-refractivity contribution in [3.05, 3.63) is 83.2 Å². The number of imidazole rings is 1. The number of hydrogen-bond donors (Lipinski definition) is 1. The van der Waals surface area contributed by atoms with Gasteiger partial charge >= 0.3 is 0 Å². The summed E-state index contributed by atoms with van der Waals surface area (Å²) in [5.74, 6) is 2.07. The van der Waals surface area contributed by atoms with E-state index in [-0.39, 0.29) is 11.2 Å². The van der Waals surface area contributed by atoms with Gasteiger partial charge in [-0.25, -0.2) is 9.37 Å². The monoisotopic (exact) mass is 445 g/mol. The van der Waals surface area contributed by atoms with Crippen LogP contribution in [0.4, 0.5) is 4.39 Å². The second-order valence-electron chi connectivity index (χ2n) is 9.41. The average molecular weight is 446 g/mol. The van der Waals surface area contributed by atoms with E-state index in [0.717, 1.165) is 45.8 Å². The number of H-pyrrole nitrogens is 1. The Morgan fingerprint density at radius 2 is 1.75 bits per heavy atom. The molecule has 2 aliphatic carbocycles. The van der Waals surface area contributed by atoms with E-state index >= 15 is 0 Å². The lowest BCUT2D eigenvalue weighted by Crippen LogP contribution is -2.26. The Bertz CT molecular complexity index is 1270. The fourth-order valence-electron chi connectivity index (χ4n) is 5.77. The summed E-state index contributed by atoms with van der Waals surface area (Å²) in [7, 11) is 0. The first kappa shape index (κ1) is 19.9. The second kappa shape index (κ2) is 7.70. The minimum Gasteiger partial charge on any atom is -0.347 e. The van der Waals surface area contributed by atoms with Crippen LogP contribution < -0.4 is 0 Å². The fraction of sp³-hybridized carbons (Fsp3) is 0.333. The second-order valence-corrected chi connectivity index (χ2v) is 9.84. The number of nitrogens with zero attached hydrogens (tertiary/aromatic N) is 2. The normalized spacial score (nSPS) is 22.2. The van der Waals surface area contributed by atoms with Gasteiger partial charge in [-0.05, 0) is 92.3 Å². The van der Waals surface area contributed by atoms with Crippen molar-refractivity contribution in [3.63, 3.8) is 0 Å². The van der Waals surface area contributed by atoms with Crippen LogP contribution in [-0.4, -0.2) is 15.0 Å². The van der Waals surface area contributed by atoms with Crippen LogP contribution in [0, 0.1) is 11.7 Å². The first-order valence-corrected chi connectivity index (χ1v) is 11.9. The van der Waals surface area contributed by atoms with Gasteiger partial charge in [-0.2, -0.15) is 0 Å². The van der Waals surface area contributed by atoms with Crippen molar-refractivity contribution in [2.24, 2.45) is 5.92 Å². The Kier molecular flexibility index (Phi) is 4.80. The van der Waals surface area contributed by atoms with Gasteiger partial charge in [0.1, 0.15) is 11.6 Å². The molecule has 5 heteroatoms. The third-order valence-electron chi connectivity index (χ3n) is 7.66. The molecule has 0 amide bonds. The molecule has 2 saturated carbocycles. The molecule has 32 heavy (non-hydrogen) atoms.